The molecule has 0 radical (unpaired) electrons. The number of alkyl halides is 4. The van der Waals surface area contributed by atoms with Gasteiger partial charge in [-0.15, -0.1) is 11.6 Å². The van der Waals surface area contributed by atoms with E-state index < -0.39 is 41.1 Å². The Morgan fingerprint density at radius 3 is 2.08 bits per heavy atom. The number of amides is 2. The number of hydrogen-bond donors (Lipinski definition) is 3. The van der Waals surface area contributed by atoms with Gasteiger partial charge in [-0.1, -0.05) is 0 Å². The van der Waals surface area contributed by atoms with Crippen LogP contribution >= 0.6 is 11.6 Å². The molecule has 3 N–H and O–H groups in total. The van der Waals surface area contributed by atoms with Crippen molar-refractivity contribution >= 4 is 23.4 Å². The molecule has 0 saturated heterocycles. The largest absolute Gasteiger partial charge is 0.391 e. The van der Waals surface area contributed by atoms with E-state index in [0.717, 1.165) is 0 Å². The molecular formula is C25H38ClF3N2O5. The van der Waals surface area contributed by atoms with E-state index in [1.807, 2.05) is 0 Å². The zero-order valence-electron chi connectivity index (χ0n) is 20.5. The molecule has 0 aromatic rings. The van der Waals surface area contributed by atoms with E-state index in [4.69, 9.17) is 21.1 Å². The van der Waals surface area contributed by atoms with E-state index in [9.17, 15) is 27.9 Å². The van der Waals surface area contributed by atoms with E-state index in [1.54, 1.807) is 0 Å². The van der Waals surface area contributed by atoms with Crippen LogP contribution < -0.4 is 10.6 Å². The number of carbonyl (C=O) groups is 2. The first-order valence-electron chi connectivity index (χ1n) is 13.2. The van der Waals surface area contributed by atoms with Gasteiger partial charge in [0.1, 0.15) is 19.4 Å². The topological polar surface area (TPSA) is 96.9 Å². The Morgan fingerprint density at radius 1 is 0.917 bits per heavy atom. The molecule has 7 nitrogen and oxygen atoms in total. The molecule has 2 amide bonds. The Balaban J connectivity index is 1.19. The highest BCUT2D eigenvalue weighted by atomic mass is 35.5. The molecule has 5 rings (SSSR count). The van der Waals surface area contributed by atoms with Crippen LogP contribution in [0.1, 0.15) is 77.0 Å². The molecule has 0 spiro atoms. The van der Waals surface area contributed by atoms with Gasteiger partial charge in [-0.3, -0.25) is 9.59 Å². The molecule has 36 heavy (non-hydrogen) atoms. The van der Waals surface area contributed by atoms with Crippen LogP contribution in [0.4, 0.5) is 13.2 Å². The molecule has 4 atom stereocenters. The lowest BCUT2D eigenvalue weighted by atomic mass is 9.60. The smallest absolute Gasteiger partial charge is 0.246 e. The van der Waals surface area contributed by atoms with Gasteiger partial charge in [0.05, 0.1) is 29.2 Å². The number of halogens is 4. The number of hydrogen-bond acceptors (Lipinski definition) is 5. The molecule has 5 fully saturated rings. The van der Waals surface area contributed by atoms with Gasteiger partial charge in [-0.05, 0) is 70.6 Å². The molecule has 2 bridgehead atoms. The normalized spacial score (nSPS) is 40.7. The lowest BCUT2D eigenvalue weighted by Gasteiger charge is -2.56. The van der Waals surface area contributed by atoms with E-state index >= 15 is 0 Å². The van der Waals surface area contributed by atoms with Crippen LogP contribution in [-0.4, -0.2) is 77.5 Å². The average molecular weight is 539 g/mol. The highest BCUT2D eigenvalue weighted by molar-refractivity contribution is 6.21. The molecule has 0 aromatic carbocycles. The van der Waals surface area contributed by atoms with Crippen molar-refractivity contribution in [2.75, 3.05) is 13.2 Å². The fourth-order valence-electron chi connectivity index (χ4n) is 6.40. The summed E-state index contributed by atoms with van der Waals surface area (Å²) < 4.78 is 50.7. The van der Waals surface area contributed by atoms with E-state index in [2.05, 4.69) is 10.6 Å². The summed E-state index contributed by atoms with van der Waals surface area (Å²) >= 11 is 5.90. The molecule has 206 valence electrons. The summed E-state index contributed by atoms with van der Waals surface area (Å²) in [5.41, 5.74) is -1.31. The minimum Gasteiger partial charge on any atom is -0.391 e. The summed E-state index contributed by atoms with van der Waals surface area (Å²) in [6.07, 6.45) is 0.954. The second-order valence-corrected chi connectivity index (χ2v) is 11.8. The van der Waals surface area contributed by atoms with E-state index in [-0.39, 0.29) is 43.7 Å². The summed E-state index contributed by atoms with van der Waals surface area (Å²) in [5, 5.41) is 16.4. The van der Waals surface area contributed by atoms with Crippen LogP contribution in [0.15, 0.2) is 0 Å². The summed E-state index contributed by atoms with van der Waals surface area (Å²) in [7, 11) is 0. The third-order valence-electron chi connectivity index (χ3n) is 8.73. The monoisotopic (exact) mass is 538 g/mol. The van der Waals surface area contributed by atoms with Crippen LogP contribution in [0.5, 0.6) is 0 Å². The van der Waals surface area contributed by atoms with Crippen LogP contribution in [-0.2, 0) is 19.1 Å². The number of rotatable bonds is 9. The van der Waals surface area contributed by atoms with Gasteiger partial charge in [-0.25, -0.2) is 13.2 Å². The molecule has 0 aromatic heterocycles. The fourth-order valence-corrected chi connectivity index (χ4v) is 6.62. The SMILES string of the molecule is O=C(COC1CCC(C(F)F)CC1)NC12CCC(NC(=O)COC3CCC(Cl)C(F)C3)(CC1)[C@@H](O)C2. The minimum absolute atomic E-state index is 0.132. The van der Waals surface area contributed by atoms with Crippen molar-refractivity contribution in [2.24, 2.45) is 5.92 Å². The van der Waals surface area contributed by atoms with Gasteiger partial charge in [0.15, 0.2) is 0 Å². The summed E-state index contributed by atoms with van der Waals surface area (Å²) in [6.45, 7) is -0.330. The third kappa shape index (κ3) is 6.66. The number of fused-ring (bicyclic) bond motifs is 3. The third-order valence-corrected chi connectivity index (χ3v) is 9.23. The Labute approximate surface area is 215 Å². The highest BCUT2D eigenvalue weighted by Gasteiger charge is 2.55. The Hall–Kier alpha value is -1.10. The van der Waals surface area contributed by atoms with Crippen molar-refractivity contribution < 1.29 is 37.3 Å². The van der Waals surface area contributed by atoms with E-state index in [0.29, 0.717) is 70.6 Å². The maximum absolute atomic E-state index is 13.8. The van der Waals surface area contributed by atoms with Crippen molar-refractivity contribution in [3.8, 4) is 0 Å². The minimum atomic E-state index is -2.30. The van der Waals surface area contributed by atoms with Crippen LogP contribution in [0, 0.1) is 5.92 Å². The quantitative estimate of drug-likeness (QED) is 0.391. The summed E-state index contributed by atoms with van der Waals surface area (Å²) in [5.74, 6) is -1.20. The fraction of sp³-hybridized carbons (Fsp3) is 0.920. The molecule has 5 saturated carbocycles. The number of ether oxygens (including phenoxy) is 2. The summed E-state index contributed by atoms with van der Waals surface area (Å²) in [4.78, 5) is 25.2. The van der Waals surface area contributed by atoms with Crippen molar-refractivity contribution in [3.63, 3.8) is 0 Å². The van der Waals surface area contributed by atoms with Crippen molar-refractivity contribution in [1.82, 2.24) is 10.6 Å². The highest BCUT2D eigenvalue weighted by Crippen LogP contribution is 2.47. The maximum Gasteiger partial charge on any atom is 0.246 e. The molecule has 0 aliphatic heterocycles. The molecule has 5 aliphatic carbocycles. The molecule has 0 heterocycles. The average Bonchev–Trinajstić information content (AvgIpc) is 2.85. The predicted molar refractivity (Wildman–Crippen MR) is 127 cm³/mol. The Morgan fingerprint density at radius 2 is 1.50 bits per heavy atom. The Bertz CT molecular complexity index is 775. The van der Waals surface area contributed by atoms with Gasteiger partial charge in [0, 0.05) is 17.9 Å². The van der Waals surface area contributed by atoms with Crippen LogP contribution in [0.3, 0.4) is 0 Å². The van der Waals surface area contributed by atoms with Crippen LogP contribution in [0.25, 0.3) is 0 Å². The number of aliphatic hydroxyl groups excluding tert-OH is 1. The van der Waals surface area contributed by atoms with Gasteiger partial charge in [0.25, 0.3) is 0 Å². The second kappa shape index (κ2) is 11.7. The molecule has 3 unspecified atom stereocenters. The Kier molecular flexibility index (Phi) is 9.11. The van der Waals surface area contributed by atoms with Crippen LogP contribution in [0.2, 0.25) is 0 Å². The first kappa shape index (κ1) is 27.9. The predicted octanol–water partition coefficient (Wildman–Crippen LogP) is 3.39. The summed E-state index contributed by atoms with van der Waals surface area (Å²) in [6, 6.07) is 0. The second-order valence-electron chi connectivity index (χ2n) is 11.2. The molecule has 11 heteroatoms. The van der Waals surface area contributed by atoms with E-state index in [1.165, 1.54) is 0 Å². The van der Waals surface area contributed by atoms with Crippen molar-refractivity contribution in [2.45, 2.75) is 124 Å². The lowest BCUT2D eigenvalue weighted by Crippen LogP contribution is -2.70. The number of aliphatic hydroxyl groups is 1. The lowest BCUT2D eigenvalue weighted by molar-refractivity contribution is -0.142. The van der Waals surface area contributed by atoms with Gasteiger partial charge in [-0.2, -0.15) is 0 Å². The van der Waals surface area contributed by atoms with Crippen molar-refractivity contribution in [3.05, 3.63) is 0 Å². The zero-order valence-corrected chi connectivity index (χ0v) is 21.3. The van der Waals surface area contributed by atoms with Gasteiger partial charge < -0.3 is 25.2 Å². The standard InChI is InChI=1S/C25H38ClF3N2O5/c26-18-6-5-17(11-19(18)27)36-14-22(34)31-25-9-7-24(8-10-25,12-20(25)32)30-21(33)13-35-16-3-1-15(2-4-16)23(28)29/h15-20,23,32H,1-14H2,(H,30,33)(H,31,34)/t15?,16?,17?,18?,19?,20-,24?,25?/m0/s1. The molecular weight excluding hydrogens is 501 g/mol. The number of carbonyl (C=O) groups excluding carboxylic acids is 2. The van der Waals surface area contributed by atoms with Gasteiger partial charge in [0.2, 0.25) is 18.2 Å². The van der Waals surface area contributed by atoms with Crippen molar-refractivity contribution in [1.29, 1.82) is 0 Å². The van der Waals surface area contributed by atoms with Gasteiger partial charge >= 0.3 is 0 Å². The first-order valence-corrected chi connectivity index (χ1v) is 13.6. The first-order chi connectivity index (χ1) is 17.1. The zero-order chi connectivity index (χ0) is 25.9. The number of nitrogens with one attached hydrogen (secondary N) is 2. The maximum atomic E-state index is 13.8. The molecule has 5 aliphatic rings.